The van der Waals surface area contributed by atoms with Gasteiger partial charge in [-0.2, -0.15) is 0 Å². The van der Waals surface area contributed by atoms with E-state index in [1.807, 2.05) is 0 Å². The average molecular weight is 229 g/mol. The van der Waals surface area contributed by atoms with Gasteiger partial charge in [0, 0.05) is 19.2 Å². The Morgan fingerprint density at radius 1 is 1.38 bits per heavy atom. The number of rotatable bonds is 5. The number of halogens is 1. The minimum atomic E-state index is -1.20. The van der Waals surface area contributed by atoms with Crippen LogP contribution >= 0.6 is 0 Å². The maximum absolute atomic E-state index is 12.9. The summed E-state index contributed by atoms with van der Waals surface area (Å²) in [4.78, 5) is 0. The van der Waals surface area contributed by atoms with Crippen LogP contribution in [-0.2, 0) is 6.54 Å². The van der Waals surface area contributed by atoms with E-state index >= 15 is 0 Å². The van der Waals surface area contributed by atoms with Gasteiger partial charge in [0.25, 0.3) is 0 Å². The van der Waals surface area contributed by atoms with Gasteiger partial charge in [0.2, 0.25) is 0 Å². The third kappa shape index (κ3) is 4.14. The van der Waals surface area contributed by atoms with Gasteiger partial charge in [0.05, 0.1) is 12.2 Å². The summed E-state index contributed by atoms with van der Waals surface area (Å²) in [6.07, 6.45) is 0. The number of hydrogen-bond donors (Lipinski definition) is 4. The Bertz CT molecular complexity index is 335. The number of aliphatic hydroxyl groups excluding tert-OH is 1. The molecule has 1 rings (SSSR count). The first kappa shape index (κ1) is 12.9. The summed E-state index contributed by atoms with van der Waals surface area (Å²) in [5.41, 5.74) is -0.624. The van der Waals surface area contributed by atoms with Gasteiger partial charge in [-0.3, -0.25) is 0 Å². The number of phenols is 1. The molecule has 0 saturated heterocycles. The highest BCUT2D eigenvalue weighted by atomic mass is 19.1. The largest absolute Gasteiger partial charge is 0.508 e. The molecule has 4 N–H and O–H groups in total. The lowest BCUT2D eigenvalue weighted by Gasteiger charge is -2.20. The van der Waals surface area contributed by atoms with Crippen LogP contribution < -0.4 is 5.32 Å². The van der Waals surface area contributed by atoms with Crippen LogP contribution in [0, 0.1) is 5.82 Å². The van der Waals surface area contributed by atoms with E-state index in [-0.39, 0.29) is 18.9 Å². The first-order valence-corrected chi connectivity index (χ1v) is 4.95. The van der Waals surface area contributed by atoms with Gasteiger partial charge in [-0.1, -0.05) is 0 Å². The van der Waals surface area contributed by atoms with Crippen molar-refractivity contribution >= 4 is 0 Å². The van der Waals surface area contributed by atoms with Crippen molar-refractivity contribution in [3.63, 3.8) is 0 Å². The van der Waals surface area contributed by atoms with E-state index in [0.717, 1.165) is 6.07 Å². The van der Waals surface area contributed by atoms with E-state index in [1.54, 1.807) is 0 Å². The molecule has 0 spiro atoms. The van der Waals surface area contributed by atoms with Gasteiger partial charge < -0.3 is 20.6 Å². The summed E-state index contributed by atoms with van der Waals surface area (Å²) in [5.74, 6) is -0.642. The predicted molar refractivity (Wildman–Crippen MR) is 57.5 cm³/mol. The van der Waals surface area contributed by atoms with Crippen molar-refractivity contribution in [2.75, 3.05) is 13.2 Å². The quantitative estimate of drug-likeness (QED) is 0.588. The zero-order valence-corrected chi connectivity index (χ0v) is 9.07. The highest BCUT2D eigenvalue weighted by Gasteiger charge is 2.17. The first-order chi connectivity index (χ1) is 7.43. The summed E-state index contributed by atoms with van der Waals surface area (Å²) < 4.78 is 12.9. The van der Waals surface area contributed by atoms with Crippen LogP contribution in [0.15, 0.2) is 18.2 Å². The van der Waals surface area contributed by atoms with Crippen molar-refractivity contribution in [3.05, 3.63) is 29.6 Å². The second-order valence-electron chi connectivity index (χ2n) is 4.08. The van der Waals surface area contributed by atoms with E-state index in [2.05, 4.69) is 5.32 Å². The molecule has 16 heavy (non-hydrogen) atoms. The maximum atomic E-state index is 12.9. The Balaban J connectivity index is 2.49. The van der Waals surface area contributed by atoms with Gasteiger partial charge >= 0.3 is 0 Å². The van der Waals surface area contributed by atoms with Gasteiger partial charge in [0.1, 0.15) is 11.6 Å². The Kier molecular flexibility index (Phi) is 4.23. The van der Waals surface area contributed by atoms with E-state index < -0.39 is 11.4 Å². The first-order valence-electron chi connectivity index (χ1n) is 4.95. The lowest BCUT2D eigenvalue weighted by molar-refractivity contribution is 0.00253. The lowest BCUT2D eigenvalue weighted by atomic mass is 10.1. The van der Waals surface area contributed by atoms with Crippen LogP contribution in [0.25, 0.3) is 0 Å². The van der Waals surface area contributed by atoms with Crippen LogP contribution in [0.2, 0.25) is 0 Å². The SMILES string of the molecule is CC(O)(CO)CNCc1cc(O)cc(F)c1. The van der Waals surface area contributed by atoms with Gasteiger partial charge in [-0.15, -0.1) is 0 Å². The Hall–Kier alpha value is -1.17. The molecule has 1 atom stereocenters. The predicted octanol–water partition coefficient (Wildman–Crippen LogP) is 0.364. The molecular formula is C11H16FNO3. The van der Waals surface area contributed by atoms with Crippen molar-refractivity contribution in [1.29, 1.82) is 0 Å². The van der Waals surface area contributed by atoms with Crippen molar-refractivity contribution in [2.24, 2.45) is 0 Å². The zero-order valence-electron chi connectivity index (χ0n) is 9.07. The molecule has 0 heterocycles. The minimum Gasteiger partial charge on any atom is -0.508 e. The van der Waals surface area contributed by atoms with Crippen LogP contribution in [0.3, 0.4) is 0 Å². The van der Waals surface area contributed by atoms with Crippen LogP contribution in [0.4, 0.5) is 4.39 Å². The smallest absolute Gasteiger partial charge is 0.127 e. The molecule has 0 amide bonds. The molecule has 1 aromatic carbocycles. The van der Waals surface area contributed by atoms with Gasteiger partial charge in [-0.05, 0) is 24.6 Å². The van der Waals surface area contributed by atoms with Crippen LogP contribution in [0.1, 0.15) is 12.5 Å². The Morgan fingerprint density at radius 3 is 2.62 bits per heavy atom. The fraction of sp³-hybridized carbons (Fsp3) is 0.455. The Labute approximate surface area is 93.4 Å². The standard InChI is InChI=1S/C11H16FNO3/c1-11(16,7-14)6-13-5-8-2-9(12)4-10(15)3-8/h2-4,13-16H,5-7H2,1H3. The lowest BCUT2D eigenvalue weighted by Crippen LogP contribution is -2.40. The molecule has 0 aliphatic carbocycles. The van der Waals surface area contributed by atoms with E-state index in [4.69, 9.17) is 10.2 Å². The molecule has 1 unspecified atom stereocenters. The monoisotopic (exact) mass is 229 g/mol. The minimum absolute atomic E-state index is 0.134. The highest BCUT2D eigenvalue weighted by molar-refractivity contribution is 5.28. The number of hydrogen-bond acceptors (Lipinski definition) is 4. The van der Waals surface area contributed by atoms with Crippen molar-refractivity contribution in [3.8, 4) is 5.75 Å². The molecule has 0 aliphatic heterocycles. The normalized spacial score (nSPS) is 14.8. The van der Waals surface area contributed by atoms with Crippen molar-refractivity contribution in [1.82, 2.24) is 5.32 Å². The second kappa shape index (κ2) is 5.25. The number of phenolic OH excluding ortho intramolecular Hbond substituents is 1. The van der Waals surface area contributed by atoms with E-state index in [0.29, 0.717) is 12.1 Å². The molecular weight excluding hydrogens is 213 g/mol. The third-order valence-corrected chi connectivity index (χ3v) is 2.12. The van der Waals surface area contributed by atoms with Gasteiger partial charge in [0.15, 0.2) is 0 Å². The molecule has 4 nitrogen and oxygen atoms in total. The molecule has 0 fully saturated rings. The molecule has 0 radical (unpaired) electrons. The number of benzene rings is 1. The molecule has 0 bridgehead atoms. The number of aliphatic hydroxyl groups is 2. The highest BCUT2D eigenvalue weighted by Crippen LogP contribution is 2.14. The molecule has 0 saturated carbocycles. The summed E-state index contributed by atoms with van der Waals surface area (Å²) >= 11 is 0. The fourth-order valence-corrected chi connectivity index (χ4v) is 1.27. The molecule has 1 aromatic rings. The third-order valence-electron chi connectivity index (χ3n) is 2.12. The van der Waals surface area contributed by atoms with Crippen LogP contribution in [-0.4, -0.2) is 34.1 Å². The zero-order chi connectivity index (χ0) is 12.2. The molecule has 5 heteroatoms. The fourth-order valence-electron chi connectivity index (χ4n) is 1.27. The number of nitrogens with one attached hydrogen (secondary N) is 1. The van der Waals surface area contributed by atoms with Crippen molar-refractivity contribution in [2.45, 2.75) is 19.1 Å². The summed E-state index contributed by atoms with van der Waals surface area (Å²) in [6, 6.07) is 3.75. The van der Waals surface area contributed by atoms with E-state index in [1.165, 1.54) is 19.1 Å². The second-order valence-corrected chi connectivity index (χ2v) is 4.08. The van der Waals surface area contributed by atoms with Gasteiger partial charge in [-0.25, -0.2) is 4.39 Å². The molecule has 0 aliphatic rings. The van der Waals surface area contributed by atoms with Crippen LogP contribution in [0.5, 0.6) is 5.75 Å². The summed E-state index contributed by atoms with van der Waals surface area (Å²) in [5, 5.41) is 30.3. The van der Waals surface area contributed by atoms with E-state index in [9.17, 15) is 9.50 Å². The summed E-state index contributed by atoms with van der Waals surface area (Å²) in [7, 11) is 0. The topological polar surface area (TPSA) is 72.7 Å². The molecule has 0 aromatic heterocycles. The number of aromatic hydroxyl groups is 1. The van der Waals surface area contributed by atoms with Crippen molar-refractivity contribution < 1.29 is 19.7 Å². The summed E-state index contributed by atoms with van der Waals surface area (Å²) in [6.45, 7) is 1.62. The maximum Gasteiger partial charge on any atom is 0.127 e. The Morgan fingerprint density at radius 2 is 2.06 bits per heavy atom. The average Bonchev–Trinajstić information content (AvgIpc) is 2.16. The molecule has 90 valence electrons.